The minimum absolute atomic E-state index is 0.343. The molecular formula is C21H28O2. The molecule has 0 saturated heterocycles. The molecule has 0 spiro atoms. The molecule has 124 valence electrons. The van der Waals surface area contributed by atoms with Crippen molar-refractivity contribution in [3.05, 3.63) is 59.7 Å². The molecule has 0 bridgehead atoms. The smallest absolute Gasteiger partial charge is 0.115 e. The quantitative estimate of drug-likeness (QED) is 0.603. The van der Waals surface area contributed by atoms with Gasteiger partial charge in [0.25, 0.3) is 0 Å². The van der Waals surface area contributed by atoms with Crippen molar-refractivity contribution >= 4 is 0 Å². The highest BCUT2D eigenvalue weighted by molar-refractivity contribution is 5.26. The van der Waals surface area contributed by atoms with E-state index < -0.39 is 0 Å². The fraction of sp³-hybridized carbons (Fsp3) is 0.429. The highest BCUT2D eigenvalue weighted by atomic mass is 16.3. The van der Waals surface area contributed by atoms with E-state index in [1.165, 1.54) is 43.2 Å². The Labute approximate surface area is 139 Å². The van der Waals surface area contributed by atoms with Crippen LogP contribution >= 0.6 is 0 Å². The monoisotopic (exact) mass is 312 g/mol. The molecule has 2 aromatic rings. The largest absolute Gasteiger partial charge is 0.508 e. The van der Waals surface area contributed by atoms with Crippen LogP contribution in [0.15, 0.2) is 48.5 Å². The van der Waals surface area contributed by atoms with E-state index in [9.17, 15) is 10.2 Å². The molecule has 23 heavy (non-hydrogen) atoms. The molecule has 1 atom stereocenters. The first-order valence-electron chi connectivity index (χ1n) is 8.69. The number of benzene rings is 2. The van der Waals surface area contributed by atoms with Crippen LogP contribution in [0.1, 0.15) is 50.2 Å². The number of phenols is 2. The first-order valence-corrected chi connectivity index (χ1v) is 8.69. The van der Waals surface area contributed by atoms with Crippen LogP contribution in [0.4, 0.5) is 0 Å². The van der Waals surface area contributed by atoms with Crippen molar-refractivity contribution in [3.8, 4) is 11.5 Å². The van der Waals surface area contributed by atoms with E-state index >= 15 is 0 Å². The molecule has 0 radical (unpaired) electrons. The highest BCUT2D eigenvalue weighted by Gasteiger charge is 2.03. The van der Waals surface area contributed by atoms with E-state index in [0.29, 0.717) is 11.5 Å². The van der Waals surface area contributed by atoms with Crippen molar-refractivity contribution in [1.29, 1.82) is 0 Å². The first kappa shape index (κ1) is 17.4. The normalized spacial score (nSPS) is 12.2. The third-order valence-corrected chi connectivity index (χ3v) is 4.45. The van der Waals surface area contributed by atoms with Gasteiger partial charge < -0.3 is 10.2 Å². The Balaban J connectivity index is 1.55. The van der Waals surface area contributed by atoms with Gasteiger partial charge in [0.1, 0.15) is 11.5 Å². The van der Waals surface area contributed by atoms with E-state index in [4.69, 9.17) is 0 Å². The van der Waals surface area contributed by atoms with Crippen molar-refractivity contribution in [2.75, 3.05) is 0 Å². The summed E-state index contributed by atoms with van der Waals surface area (Å²) in [6, 6.07) is 15.1. The predicted molar refractivity (Wildman–Crippen MR) is 95.9 cm³/mol. The molecule has 0 saturated carbocycles. The lowest BCUT2D eigenvalue weighted by atomic mass is 9.95. The molecule has 2 nitrogen and oxygen atoms in total. The fourth-order valence-corrected chi connectivity index (χ4v) is 2.95. The molecule has 0 aliphatic heterocycles. The van der Waals surface area contributed by atoms with E-state index in [1.807, 2.05) is 24.3 Å². The zero-order valence-corrected chi connectivity index (χ0v) is 14.0. The van der Waals surface area contributed by atoms with Gasteiger partial charge in [-0.05, 0) is 67.0 Å². The van der Waals surface area contributed by atoms with Gasteiger partial charge in [-0.25, -0.2) is 0 Å². The molecule has 2 N–H and O–H groups in total. The molecule has 1 unspecified atom stereocenters. The summed E-state index contributed by atoms with van der Waals surface area (Å²) in [4.78, 5) is 0. The second-order valence-electron chi connectivity index (χ2n) is 6.58. The summed E-state index contributed by atoms with van der Waals surface area (Å²) in [6.07, 6.45) is 8.44. The third-order valence-electron chi connectivity index (χ3n) is 4.45. The summed E-state index contributed by atoms with van der Waals surface area (Å²) in [5.74, 6) is 1.46. The third kappa shape index (κ3) is 6.77. The topological polar surface area (TPSA) is 40.5 Å². The Kier molecular flexibility index (Phi) is 6.99. The van der Waals surface area contributed by atoms with Crippen LogP contribution in [0, 0.1) is 5.92 Å². The average molecular weight is 312 g/mol. The van der Waals surface area contributed by atoms with E-state index in [-0.39, 0.29) is 0 Å². The van der Waals surface area contributed by atoms with Gasteiger partial charge in [-0.1, -0.05) is 50.5 Å². The van der Waals surface area contributed by atoms with Crippen LogP contribution in [0.25, 0.3) is 0 Å². The first-order chi connectivity index (χ1) is 11.1. The lowest BCUT2D eigenvalue weighted by Gasteiger charge is -2.11. The van der Waals surface area contributed by atoms with Gasteiger partial charge in [-0.15, -0.1) is 0 Å². The molecule has 0 amide bonds. The number of rotatable bonds is 9. The Bertz CT molecular complexity index is 557. The van der Waals surface area contributed by atoms with E-state index in [2.05, 4.69) is 6.92 Å². The maximum atomic E-state index is 9.27. The van der Waals surface area contributed by atoms with Gasteiger partial charge in [-0.3, -0.25) is 0 Å². The Hall–Kier alpha value is -1.96. The summed E-state index contributed by atoms with van der Waals surface area (Å²) in [6.45, 7) is 2.34. The van der Waals surface area contributed by atoms with E-state index in [0.717, 1.165) is 18.8 Å². The maximum Gasteiger partial charge on any atom is 0.115 e. The molecule has 0 heterocycles. The van der Waals surface area contributed by atoms with Crippen molar-refractivity contribution < 1.29 is 10.2 Å². The molecular weight excluding hydrogens is 284 g/mol. The standard InChI is InChI=1S/C21H28O2/c1-17(6-4-8-19-11-15-21(23)16-12-19)5-2-3-7-18-9-13-20(22)14-10-18/h9-17,22-23H,2-8H2,1H3. The van der Waals surface area contributed by atoms with Crippen molar-refractivity contribution in [2.24, 2.45) is 5.92 Å². The zero-order chi connectivity index (χ0) is 16.5. The number of phenolic OH excluding ortho intramolecular Hbond substituents is 2. The molecule has 2 heteroatoms. The summed E-state index contributed by atoms with van der Waals surface area (Å²) in [7, 11) is 0. The fourth-order valence-electron chi connectivity index (χ4n) is 2.95. The van der Waals surface area contributed by atoms with Crippen LogP contribution in [0.3, 0.4) is 0 Å². The van der Waals surface area contributed by atoms with Gasteiger partial charge in [0.05, 0.1) is 0 Å². The Morgan fingerprint density at radius 2 is 1.09 bits per heavy atom. The van der Waals surface area contributed by atoms with Crippen LogP contribution in [-0.4, -0.2) is 10.2 Å². The summed E-state index contributed by atoms with van der Waals surface area (Å²) >= 11 is 0. The second kappa shape index (κ2) is 9.24. The lowest BCUT2D eigenvalue weighted by Crippen LogP contribution is -1.97. The Morgan fingerprint density at radius 3 is 1.61 bits per heavy atom. The number of hydrogen-bond acceptors (Lipinski definition) is 2. The minimum atomic E-state index is 0.343. The molecule has 0 aliphatic carbocycles. The van der Waals surface area contributed by atoms with Crippen LogP contribution in [-0.2, 0) is 12.8 Å². The number of unbranched alkanes of at least 4 members (excludes halogenated alkanes) is 1. The second-order valence-corrected chi connectivity index (χ2v) is 6.58. The lowest BCUT2D eigenvalue weighted by molar-refractivity contribution is 0.451. The molecule has 2 aromatic carbocycles. The van der Waals surface area contributed by atoms with Gasteiger partial charge in [0.2, 0.25) is 0 Å². The molecule has 0 aliphatic rings. The molecule has 2 rings (SSSR count). The molecule has 0 aromatic heterocycles. The van der Waals surface area contributed by atoms with E-state index in [1.54, 1.807) is 24.3 Å². The van der Waals surface area contributed by atoms with Gasteiger partial charge in [0.15, 0.2) is 0 Å². The number of aryl methyl sites for hydroxylation is 2. The summed E-state index contributed by atoms with van der Waals surface area (Å²) in [5.41, 5.74) is 2.62. The van der Waals surface area contributed by atoms with Crippen LogP contribution in [0.5, 0.6) is 11.5 Å². The highest BCUT2D eigenvalue weighted by Crippen LogP contribution is 2.19. The number of hydrogen-bond donors (Lipinski definition) is 2. The predicted octanol–water partition coefficient (Wildman–Crippen LogP) is 5.47. The van der Waals surface area contributed by atoms with Gasteiger partial charge >= 0.3 is 0 Å². The maximum absolute atomic E-state index is 9.27. The van der Waals surface area contributed by atoms with Crippen molar-refractivity contribution in [3.63, 3.8) is 0 Å². The van der Waals surface area contributed by atoms with Crippen LogP contribution in [0.2, 0.25) is 0 Å². The van der Waals surface area contributed by atoms with Gasteiger partial charge in [0, 0.05) is 0 Å². The van der Waals surface area contributed by atoms with Crippen molar-refractivity contribution in [2.45, 2.75) is 51.9 Å². The Morgan fingerprint density at radius 1 is 0.652 bits per heavy atom. The zero-order valence-electron chi connectivity index (χ0n) is 14.0. The van der Waals surface area contributed by atoms with Gasteiger partial charge in [-0.2, -0.15) is 0 Å². The van der Waals surface area contributed by atoms with Crippen molar-refractivity contribution in [1.82, 2.24) is 0 Å². The minimum Gasteiger partial charge on any atom is -0.508 e. The average Bonchev–Trinajstić information content (AvgIpc) is 2.55. The molecule has 0 fully saturated rings. The summed E-state index contributed by atoms with van der Waals surface area (Å²) < 4.78 is 0. The SMILES string of the molecule is CC(CCCCc1ccc(O)cc1)CCCc1ccc(O)cc1. The number of aromatic hydroxyl groups is 2. The van der Waals surface area contributed by atoms with Crippen LogP contribution < -0.4 is 0 Å². The summed E-state index contributed by atoms with van der Waals surface area (Å²) in [5, 5.41) is 18.5.